The highest BCUT2D eigenvalue weighted by Gasteiger charge is 2.51. The molecule has 0 unspecified atom stereocenters. The summed E-state index contributed by atoms with van der Waals surface area (Å²) in [4.78, 5) is 19.4. The van der Waals surface area contributed by atoms with E-state index in [-0.39, 0.29) is 17.5 Å². The van der Waals surface area contributed by atoms with E-state index in [2.05, 4.69) is 32.3 Å². The first kappa shape index (κ1) is 16.7. The SMILES string of the molecule is O=C(O)NC1(c2nc(-c3ccc(C#Cc4cccc(F)c4)cn3)no2)CC1. The Balaban J connectivity index is 1.51. The van der Waals surface area contributed by atoms with Crippen molar-refractivity contribution in [3.8, 4) is 23.4 Å². The molecule has 1 fully saturated rings. The van der Waals surface area contributed by atoms with E-state index in [0.717, 1.165) is 0 Å². The lowest BCUT2D eigenvalue weighted by Gasteiger charge is -2.08. The highest BCUT2D eigenvalue weighted by atomic mass is 19.1. The molecule has 0 bridgehead atoms. The third-order valence-electron chi connectivity index (χ3n) is 4.10. The van der Waals surface area contributed by atoms with Gasteiger partial charge in [-0.25, -0.2) is 9.18 Å². The Bertz CT molecular complexity index is 1060. The zero-order valence-electron chi connectivity index (χ0n) is 13.9. The number of amides is 1. The molecule has 8 heteroatoms. The number of aromatic nitrogens is 3. The lowest BCUT2D eigenvalue weighted by Crippen LogP contribution is -2.33. The van der Waals surface area contributed by atoms with Crippen LogP contribution in [0.2, 0.25) is 0 Å². The number of rotatable bonds is 3. The lowest BCUT2D eigenvalue weighted by atomic mass is 10.2. The molecule has 2 heterocycles. The predicted octanol–water partition coefficient (Wildman–Crippen LogP) is 2.93. The maximum atomic E-state index is 13.2. The summed E-state index contributed by atoms with van der Waals surface area (Å²) >= 11 is 0. The van der Waals surface area contributed by atoms with E-state index in [9.17, 15) is 9.18 Å². The van der Waals surface area contributed by atoms with Crippen LogP contribution in [0, 0.1) is 17.7 Å². The summed E-state index contributed by atoms with van der Waals surface area (Å²) in [6.07, 6.45) is 1.65. The maximum absolute atomic E-state index is 13.2. The zero-order chi connectivity index (χ0) is 18.9. The molecular weight excluding hydrogens is 351 g/mol. The van der Waals surface area contributed by atoms with Gasteiger partial charge in [0.1, 0.15) is 17.1 Å². The normalized spacial score (nSPS) is 14.1. The molecule has 0 saturated heterocycles. The molecule has 1 aliphatic carbocycles. The van der Waals surface area contributed by atoms with E-state index in [0.29, 0.717) is 29.7 Å². The van der Waals surface area contributed by atoms with Gasteiger partial charge in [-0.05, 0) is 43.2 Å². The van der Waals surface area contributed by atoms with Crippen molar-refractivity contribution in [1.82, 2.24) is 20.4 Å². The molecule has 0 aliphatic heterocycles. The fraction of sp³-hybridized carbons (Fsp3) is 0.158. The van der Waals surface area contributed by atoms with Gasteiger partial charge in [0.25, 0.3) is 5.89 Å². The molecule has 0 radical (unpaired) electrons. The van der Waals surface area contributed by atoms with Crippen LogP contribution in [0.25, 0.3) is 11.5 Å². The summed E-state index contributed by atoms with van der Waals surface area (Å²) in [5, 5.41) is 15.2. The van der Waals surface area contributed by atoms with Gasteiger partial charge in [-0.15, -0.1) is 0 Å². The number of carbonyl (C=O) groups is 1. The van der Waals surface area contributed by atoms with Crippen molar-refractivity contribution in [2.24, 2.45) is 0 Å². The average Bonchev–Trinajstić information content (AvgIpc) is 3.24. The van der Waals surface area contributed by atoms with Crippen LogP contribution >= 0.6 is 0 Å². The van der Waals surface area contributed by atoms with Gasteiger partial charge >= 0.3 is 6.09 Å². The fourth-order valence-electron chi connectivity index (χ4n) is 2.55. The molecule has 0 spiro atoms. The zero-order valence-corrected chi connectivity index (χ0v) is 13.9. The van der Waals surface area contributed by atoms with Crippen LogP contribution in [0.4, 0.5) is 9.18 Å². The van der Waals surface area contributed by atoms with Crippen LogP contribution in [0.1, 0.15) is 29.9 Å². The highest BCUT2D eigenvalue weighted by molar-refractivity contribution is 5.66. The molecule has 1 amide bonds. The first-order chi connectivity index (χ1) is 13.0. The smallest absolute Gasteiger partial charge is 0.405 e. The first-order valence-electron chi connectivity index (χ1n) is 8.13. The number of pyridine rings is 1. The van der Waals surface area contributed by atoms with Gasteiger partial charge in [0, 0.05) is 17.3 Å². The lowest BCUT2D eigenvalue weighted by molar-refractivity contribution is 0.183. The molecule has 1 saturated carbocycles. The maximum Gasteiger partial charge on any atom is 0.405 e. The molecule has 1 aromatic carbocycles. The molecule has 7 nitrogen and oxygen atoms in total. The standard InChI is InChI=1S/C19H13FN4O3/c20-14-3-1-2-12(10-14)4-5-13-6-7-15(21-11-13)16-22-17(27-24-16)19(8-9-19)23-18(25)26/h1-3,6-7,10-11,23H,8-9H2,(H,25,26). The predicted molar refractivity (Wildman–Crippen MR) is 92.0 cm³/mol. The summed E-state index contributed by atoms with van der Waals surface area (Å²) in [5.41, 5.74) is 0.918. The van der Waals surface area contributed by atoms with Gasteiger partial charge in [0.2, 0.25) is 5.82 Å². The Kier molecular flexibility index (Phi) is 4.05. The van der Waals surface area contributed by atoms with E-state index in [4.69, 9.17) is 9.63 Å². The van der Waals surface area contributed by atoms with Crippen molar-refractivity contribution in [2.45, 2.75) is 18.4 Å². The Hall–Kier alpha value is -3.73. The van der Waals surface area contributed by atoms with Gasteiger partial charge in [0.15, 0.2) is 0 Å². The minimum Gasteiger partial charge on any atom is -0.465 e. The van der Waals surface area contributed by atoms with Crippen molar-refractivity contribution in [1.29, 1.82) is 0 Å². The van der Waals surface area contributed by atoms with E-state index >= 15 is 0 Å². The van der Waals surface area contributed by atoms with E-state index in [1.165, 1.54) is 12.1 Å². The van der Waals surface area contributed by atoms with Crippen LogP contribution in [-0.4, -0.2) is 26.3 Å². The van der Waals surface area contributed by atoms with Crippen LogP contribution in [0.15, 0.2) is 47.1 Å². The largest absolute Gasteiger partial charge is 0.465 e. The van der Waals surface area contributed by atoms with E-state index < -0.39 is 11.6 Å². The van der Waals surface area contributed by atoms with Gasteiger partial charge in [-0.3, -0.25) is 4.98 Å². The Morgan fingerprint density at radius 2 is 2.04 bits per heavy atom. The second-order valence-electron chi connectivity index (χ2n) is 6.13. The number of hydrogen-bond donors (Lipinski definition) is 2. The van der Waals surface area contributed by atoms with Gasteiger partial charge in [-0.1, -0.05) is 23.1 Å². The van der Waals surface area contributed by atoms with Crippen molar-refractivity contribution in [2.75, 3.05) is 0 Å². The van der Waals surface area contributed by atoms with Crippen molar-refractivity contribution in [3.63, 3.8) is 0 Å². The summed E-state index contributed by atoms with van der Waals surface area (Å²) in [6, 6.07) is 9.46. The summed E-state index contributed by atoms with van der Waals surface area (Å²) in [7, 11) is 0. The topological polar surface area (TPSA) is 101 Å². The van der Waals surface area contributed by atoms with Crippen LogP contribution < -0.4 is 5.32 Å². The third-order valence-corrected chi connectivity index (χ3v) is 4.10. The number of nitrogens with one attached hydrogen (secondary N) is 1. The monoisotopic (exact) mass is 364 g/mol. The van der Waals surface area contributed by atoms with Gasteiger partial charge in [-0.2, -0.15) is 4.98 Å². The van der Waals surface area contributed by atoms with Crippen molar-refractivity contribution in [3.05, 3.63) is 65.4 Å². The molecule has 4 rings (SSSR count). The number of benzene rings is 1. The second kappa shape index (κ2) is 6.53. The average molecular weight is 364 g/mol. The first-order valence-corrected chi connectivity index (χ1v) is 8.13. The van der Waals surface area contributed by atoms with Crippen molar-refractivity contribution >= 4 is 6.09 Å². The quantitative estimate of drug-likeness (QED) is 0.693. The summed E-state index contributed by atoms with van der Waals surface area (Å²) in [6.45, 7) is 0. The number of nitrogens with zero attached hydrogens (tertiary/aromatic N) is 3. The van der Waals surface area contributed by atoms with E-state index in [1.54, 1.807) is 30.5 Å². The third kappa shape index (κ3) is 3.62. The highest BCUT2D eigenvalue weighted by Crippen LogP contribution is 2.44. The summed E-state index contributed by atoms with van der Waals surface area (Å²) < 4.78 is 18.4. The van der Waals surface area contributed by atoms with Gasteiger partial charge in [0.05, 0.1) is 0 Å². The number of carboxylic acid groups (broad SMARTS) is 1. The number of halogens is 1. The minimum atomic E-state index is -1.13. The summed E-state index contributed by atoms with van der Waals surface area (Å²) in [5.74, 6) is 5.94. The van der Waals surface area contributed by atoms with Gasteiger partial charge < -0.3 is 14.9 Å². The molecule has 2 aromatic heterocycles. The molecule has 2 N–H and O–H groups in total. The number of hydrogen-bond acceptors (Lipinski definition) is 5. The molecular formula is C19H13FN4O3. The van der Waals surface area contributed by atoms with Crippen LogP contribution in [0.5, 0.6) is 0 Å². The molecule has 134 valence electrons. The van der Waals surface area contributed by atoms with Crippen LogP contribution in [-0.2, 0) is 5.54 Å². The van der Waals surface area contributed by atoms with Crippen LogP contribution in [0.3, 0.4) is 0 Å². The second-order valence-corrected chi connectivity index (χ2v) is 6.13. The van der Waals surface area contributed by atoms with Crippen molar-refractivity contribution < 1.29 is 18.8 Å². The fourth-order valence-corrected chi connectivity index (χ4v) is 2.55. The Morgan fingerprint density at radius 1 is 1.22 bits per heavy atom. The Morgan fingerprint density at radius 3 is 2.70 bits per heavy atom. The molecule has 3 aromatic rings. The van der Waals surface area contributed by atoms with E-state index in [1.807, 2.05) is 0 Å². The molecule has 27 heavy (non-hydrogen) atoms. The molecule has 1 aliphatic rings. The Labute approximate surface area is 153 Å². The molecule has 0 atom stereocenters. The minimum absolute atomic E-state index is 0.233.